The molecule has 0 amide bonds. The molecular formula is C30H32FNO7S. The summed E-state index contributed by atoms with van der Waals surface area (Å²) in [4.78, 5) is 15.5. The average Bonchev–Trinajstić information content (AvgIpc) is 3.45. The smallest absolute Gasteiger partial charge is 0.304 e. The van der Waals surface area contributed by atoms with Gasteiger partial charge in [-0.3, -0.25) is 4.79 Å². The Balaban J connectivity index is 1.36. The van der Waals surface area contributed by atoms with E-state index in [0.29, 0.717) is 48.8 Å². The van der Waals surface area contributed by atoms with Crippen LogP contribution in [-0.2, 0) is 21.1 Å². The molecule has 2 heterocycles. The second kappa shape index (κ2) is 11.1. The molecule has 3 aromatic rings. The fourth-order valence-electron chi connectivity index (χ4n) is 5.67. The Labute approximate surface area is 233 Å². The number of hydrogen-bond donors (Lipinski definition) is 1. The SMILES string of the molecule is Cc1cc(OCCCS(C)(=O)=O)cc(C)c1-c1c(F)ccc2c1CCC2Oc1cc2c(cn1)[C@H](CC(=O)O)CO2. The zero-order chi connectivity index (χ0) is 28.6. The molecule has 0 saturated carbocycles. The lowest BCUT2D eigenvalue weighted by Gasteiger charge is -2.19. The lowest BCUT2D eigenvalue weighted by atomic mass is 9.90. The second-order valence-corrected chi connectivity index (χ2v) is 12.8. The first-order valence-electron chi connectivity index (χ1n) is 13.2. The van der Waals surface area contributed by atoms with E-state index >= 15 is 4.39 Å². The van der Waals surface area contributed by atoms with Crippen LogP contribution in [0.2, 0.25) is 0 Å². The molecule has 40 heavy (non-hydrogen) atoms. The number of carbonyl (C=O) groups is 1. The number of rotatable bonds is 10. The minimum Gasteiger partial charge on any atom is -0.494 e. The van der Waals surface area contributed by atoms with Gasteiger partial charge in [-0.1, -0.05) is 6.07 Å². The Hall–Kier alpha value is -3.66. The molecule has 1 unspecified atom stereocenters. The number of aromatic nitrogens is 1. The molecule has 8 nitrogen and oxygen atoms in total. The molecule has 0 radical (unpaired) electrons. The summed E-state index contributed by atoms with van der Waals surface area (Å²) in [5.74, 6) is 0.222. The highest BCUT2D eigenvalue weighted by Crippen LogP contribution is 2.44. The molecule has 0 bridgehead atoms. The zero-order valence-corrected chi connectivity index (χ0v) is 23.5. The minimum absolute atomic E-state index is 0.0195. The topological polar surface area (TPSA) is 112 Å². The minimum atomic E-state index is -3.04. The first-order chi connectivity index (χ1) is 19.0. The number of ether oxygens (including phenoxy) is 3. The highest BCUT2D eigenvalue weighted by atomic mass is 32.2. The van der Waals surface area contributed by atoms with E-state index in [-0.39, 0.29) is 36.6 Å². The van der Waals surface area contributed by atoms with Crippen molar-refractivity contribution < 1.29 is 36.9 Å². The van der Waals surface area contributed by atoms with E-state index in [9.17, 15) is 13.2 Å². The van der Waals surface area contributed by atoms with E-state index in [1.165, 1.54) is 12.3 Å². The van der Waals surface area contributed by atoms with Gasteiger partial charge in [0.25, 0.3) is 0 Å². The summed E-state index contributed by atoms with van der Waals surface area (Å²) < 4.78 is 55.8. The highest BCUT2D eigenvalue weighted by molar-refractivity contribution is 7.90. The normalized spacial score (nSPS) is 17.7. The third kappa shape index (κ3) is 5.91. The largest absolute Gasteiger partial charge is 0.494 e. The lowest BCUT2D eigenvalue weighted by Crippen LogP contribution is -2.08. The maximum Gasteiger partial charge on any atom is 0.304 e. The summed E-state index contributed by atoms with van der Waals surface area (Å²) in [6.45, 7) is 4.41. The van der Waals surface area contributed by atoms with Crippen LogP contribution < -0.4 is 14.2 Å². The van der Waals surface area contributed by atoms with Crippen molar-refractivity contribution in [2.75, 3.05) is 25.2 Å². The predicted octanol–water partition coefficient (Wildman–Crippen LogP) is 5.34. The number of pyridine rings is 1. The van der Waals surface area contributed by atoms with E-state index in [1.807, 2.05) is 26.0 Å². The fraction of sp³-hybridized carbons (Fsp3) is 0.400. The first-order valence-corrected chi connectivity index (χ1v) is 15.3. The number of sulfone groups is 1. The number of aliphatic carboxylic acids is 1. The van der Waals surface area contributed by atoms with Crippen LogP contribution in [0.15, 0.2) is 36.5 Å². The van der Waals surface area contributed by atoms with Crippen molar-refractivity contribution in [1.29, 1.82) is 0 Å². The molecule has 0 saturated heterocycles. The third-order valence-electron chi connectivity index (χ3n) is 7.42. The van der Waals surface area contributed by atoms with Gasteiger partial charge in [-0.15, -0.1) is 0 Å². The molecular weight excluding hydrogens is 537 g/mol. The maximum absolute atomic E-state index is 15.4. The van der Waals surface area contributed by atoms with Crippen molar-refractivity contribution in [2.45, 2.75) is 51.6 Å². The molecule has 1 aliphatic heterocycles. The summed E-state index contributed by atoms with van der Waals surface area (Å²) in [6.07, 6.45) is 4.19. The molecule has 1 aliphatic carbocycles. The van der Waals surface area contributed by atoms with Gasteiger partial charge in [-0.2, -0.15) is 0 Å². The van der Waals surface area contributed by atoms with Gasteiger partial charge in [0.05, 0.1) is 25.4 Å². The summed E-state index contributed by atoms with van der Waals surface area (Å²) >= 11 is 0. The van der Waals surface area contributed by atoms with Crippen molar-refractivity contribution in [2.24, 2.45) is 0 Å². The Bertz CT molecular complexity index is 1550. The van der Waals surface area contributed by atoms with E-state index in [0.717, 1.165) is 33.4 Å². The van der Waals surface area contributed by atoms with E-state index in [4.69, 9.17) is 19.3 Å². The number of nitrogens with zero attached hydrogens (tertiary/aromatic N) is 1. The molecule has 2 atom stereocenters. The van der Waals surface area contributed by atoms with Gasteiger partial charge in [0.15, 0.2) is 0 Å². The van der Waals surface area contributed by atoms with Crippen molar-refractivity contribution in [3.05, 3.63) is 70.2 Å². The molecule has 212 valence electrons. The molecule has 10 heteroatoms. The number of benzene rings is 2. The standard InChI is InChI=1S/C30H32FNO7S/c1-17-11-20(37-9-4-10-40(3,35)36)12-18(2)29(17)30-22-6-8-25(21(22)5-7-24(30)31)39-27-14-26-23(15-32-27)19(16-38-26)13-28(33)34/h5,7,11-12,14-15,19,25H,4,6,8-10,13,16H2,1-3H3,(H,33,34)/t19-,25?/m1/s1. The summed E-state index contributed by atoms with van der Waals surface area (Å²) in [6, 6.07) is 8.65. The number of carboxylic acids is 1. The van der Waals surface area contributed by atoms with Crippen LogP contribution in [0.5, 0.6) is 17.4 Å². The summed E-state index contributed by atoms with van der Waals surface area (Å²) in [5, 5.41) is 9.12. The Morgan fingerprint density at radius 2 is 1.90 bits per heavy atom. The number of carboxylic acid groups (broad SMARTS) is 1. The number of aryl methyl sites for hydroxylation is 2. The number of fused-ring (bicyclic) bond motifs is 2. The van der Waals surface area contributed by atoms with Crippen LogP contribution in [0.1, 0.15) is 59.1 Å². The Morgan fingerprint density at radius 3 is 2.60 bits per heavy atom. The molecule has 2 aliphatic rings. The third-order valence-corrected chi connectivity index (χ3v) is 8.45. The van der Waals surface area contributed by atoms with Gasteiger partial charge >= 0.3 is 5.97 Å². The number of halogens is 1. The second-order valence-electron chi connectivity index (χ2n) is 10.6. The van der Waals surface area contributed by atoms with Crippen LogP contribution in [0.25, 0.3) is 11.1 Å². The van der Waals surface area contributed by atoms with Crippen molar-refractivity contribution in [1.82, 2.24) is 4.98 Å². The average molecular weight is 570 g/mol. The van der Waals surface area contributed by atoms with Crippen molar-refractivity contribution in [3.63, 3.8) is 0 Å². The lowest BCUT2D eigenvalue weighted by molar-refractivity contribution is -0.137. The van der Waals surface area contributed by atoms with E-state index < -0.39 is 15.8 Å². The summed E-state index contributed by atoms with van der Waals surface area (Å²) in [7, 11) is -3.04. The maximum atomic E-state index is 15.4. The Kier molecular flexibility index (Phi) is 7.72. The van der Waals surface area contributed by atoms with Crippen LogP contribution in [-0.4, -0.2) is 49.7 Å². The monoisotopic (exact) mass is 569 g/mol. The van der Waals surface area contributed by atoms with Gasteiger partial charge in [0.2, 0.25) is 5.88 Å². The van der Waals surface area contributed by atoms with Crippen LogP contribution in [0.3, 0.4) is 0 Å². The summed E-state index contributed by atoms with van der Waals surface area (Å²) in [5.41, 5.74) is 5.67. The number of hydrogen-bond acceptors (Lipinski definition) is 7. The molecule has 0 spiro atoms. The quantitative estimate of drug-likeness (QED) is 0.326. The van der Waals surface area contributed by atoms with Gasteiger partial charge < -0.3 is 19.3 Å². The van der Waals surface area contributed by atoms with E-state index in [2.05, 4.69) is 4.98 Å². The van der Waals surface area contributed by atoms with Gasteiger partial charge in [-0.25, -0.2) is 17.8 Å². The Morgan fingerprint density at radius 1 is 1.15 bits per heavy atom. The van der Waals surface area contributed by atoms with Crippen LogP contribution >= 0.6 is 0 Å². The molecule has 1 aromatic heterocycles. The van der Waals surface area contributed by atoms with E-state index in [1.54, 1.807) is 18.3 Å². The first kappa shape index (κ1) is 27.9. The molecule has 5 rings (SSSR count). The molecule has 0 fully saturated rings. The van der Waals surface area contributed by atoms with Crippen molar-refractivity contribution in [3.8, 4) is 28.5 Å². The molecule has 1 N–H and O–H groups in total. The van der Waals surface area contributed by atoms with Gasteiger partial charge in [-0.05, 0) is 79.1 Å². The fourth-order valence-corrected chi connectivity index (χ4v) is 6.32. The predicted molar refractivity (Wildman–Crippen MR) is 148 cm³/mol. The van der Waals surface area contributed by atoms with Gasteiger partial charge in [0, 0.05) is 35.6 Å². The van der Waals surface area contributed by atoms with Crippen LogP contribution in [0.4, 0.5) is 4.39 Å². The van der Waals surface area contributed by atoms with Gasteiger partial charge in [0.1, 0.15) is 33.3 Å². The highest BCUT2D eigenvalue weighted by Gasteiger charge is 2.31. The van der Waals surface area contributed by atoms with Crippen molar-refractivity contribution >= 4 is 15.8 Å². The molecule has 2 aromatic carbocycles. The van der Waals surface area contributed by atoms with Crippen LogP contribution in [0, 0.1) is 19.7 Å². The zero-order valence-electron chi connectivity index (χ0n) is 22.7.